The van der Waals surface area contributed by atoms with E-state index in [1.807, 2.05) is 43.3 Å². The molecule has 0 radical (unpaired) electrons. The zero-order valence-corrected chi connectivity index (χ0v) is 23.6. The Morgan fingerprint density at radius 3 is 2.61 bits per heavy atom. The van der Waals surface area contributed by atoms with Gasteiger partial charge in [0.25, 0.3) is 0 Å². The first-order chi connectivity index (χ1) is 18.0. The normalized spacial score (nSPS) is 19.9. The monoisotopic (exact) mass is 553 g/mol. The number of aromatic nitrogens is 1. The van der Waals surface area contributed by atoms with E-state index in [0.29, 0.717) is 5.02 Å². The lowest BCUT2D eigenvalue weighted by Crippen LogP contribution is -2.37. The molecule has 1 fully saturated rings. The highest BCUT2D eigenvalue weighted by Gasteiger charge is 2.23. The van der Waals surface area contributed by atoms with Gasteiger partial charge in [0.05, 0.1) is 5.69 Å². The number of benzene rings is 2. The lowest BCUT2D eigenvalue weighted by Gasteiger charge is -2.30. The number of fused-ring (bicyclic) bond motifs is 1. The first-order valence-electron chi connectivity index (χ1n) is 13.5. The third kappa shape index (κ3) is 7.72. The smallest absolute Gasteiger partial charge is 0.244 e. The summed E-state index contributed by atoms with van der Waals surface area (Å²) in [5, 5.41) is 7.90. The molecule has 5 nitrogen and oxygen atoms in total. The van der Waals surface area contributed by atoms with Gasteiger partial charge in [0.1, 0.15) is 0 Å². The zero-order valence-electron chi connectivity index (χ0n) is 22.0. The predicted molar refractivity (Wildman–Crippen MR) is 157 cm³/mol. The third-order valence-corrected chi connectivity index (χ3v) is 8.07. The van der Waals surface area contributed by atoms with Gasteiger partial charge in [-0.25, -0.2) is 0 Å². The van der Waals surface area contributed by atoms with E-state index in [1.165, 1.54) is 30.4 Å². The van der Waals surface area contributed by atoms with Crippen molar-refractivity contribution in [2.24, 2.45) is 5.92 Å². The number of aryl methyl sites for hydroxylation is 1. The van der Waals surface area contributed by atoms with Crippen molar-refractivity contribution in [1.82, 2.24) is 15.4 Å². The molecule has 0 atom stereocenters. The number of hydrogen-bond acceptors (Lipinski definition) is 4. The van der Waals surface area contributed by atoms with Crippen LogP contribution in [0.4, 0.5) is 0 Å². The molecule has 1 saturated carbocycles. The molecule has 202 valence electrons. The zero-order chi connectivity index (χ0) is 25.6. The lowest BCUT2D eigenvalue weighted by molar-refractivity contribution is -0.117. The summed E-state index contributed by atoms with van der Waals surface area (Å²) in [7, 11) is 0. The van der Waals surface area contributed by atoms with Gasteiger partial charge >= 0.3 is 0 Å². The Labute approximate surface area is 237 Å². The van der Waals surface area contributed by atoms with Crippen molar-refractivity contribution in [1.29, 1.82) is 0 Å². The summed E-state index contributed by atoms with van der Waals surface area (Å²) < 4.78 is 5.47. The summed E-state index contributed by atoms with van der Waals surface area (Å²) >= 11 is 6.02. The molecule has 1 aliphatic heterocycles. The topological polar surface area (TPSA) is 58.4 Å². The molecule has 0 unspecified atom stereocenters. The molecule has 1 amide bonds. The Morgan fingerprint density at radius 1 is 1.08 bits per heavy atom. The Bertz CT molecular complexity index is 1250. The minimum atomic E-state index is -0.0193. The molecular weight excluding hydrogens is 517 g/mol. The van der Waals surface area contributed by atoms with Crippen LogP contribution in [-0.2, 0) is 17.6 Å². The number of amides is 1. The second kappa shape index (κ2) is 13.5. The van der Waals surface area contributed by atoms with Crippen molar-refractivity contribution < 1.29 is 9.32 Å². The Morgan fingerprint density at radius 2 is 1.87 bits per heavy atom. The molecule has 1 aliphatic carbocycles. The summed E-state index contributed by atoms with van der Waals surface area (Å²) in [6.07, 6.45) is 11.4. The standard InChI is InChI=1S/C31H36ClN3O2.ClH/c1-22-19-30(37-34-22)27-9-8-25-14-17-35(18-15-26(25)21-27)16-13-23-5-10-29(11-6-23)33-31(36)12-7-24-3-2-4-28(32)20-24;/h2-4,7-9,12,19-21,23,29H,5-6,10-11,13-18H2,1H3,(H,33,36);1H/b12-7+;. The molecule has 0 saturated heterocycles. The van der Waals surface area contributed by atoms with Crippen molar-refractivity contribution in [2.45, 2.75) is 57.9 Å². The number of rotatable bonds is 7. The van der Waals surface area contributed by atoms with E-state index in [1.54, 1.807) is 6.08 Å². The van der Waals surface area contributed by atoms with Crippen LogP contribution >= 0.6 is 24.0 Å². The first kappa shape index (κ1) is 28.4. The fourth-order valence-corrected chi connectivity index (χ4v) is 5.84. The second-order valence-corrected chi connectivity index (χ2v) is 11.0. The van der Waals surface area contributed by atoms with E-state index in [-0.39, 0.29) is 24.4 Å². The summed E-state index contributed by atoms with van der Waals surface area (Å²) in [5.41, 5.74) is 5.88. The van der Waals surface area contributed by atoms with Crippen molar-refractivity contribution >= 4 is 36.0 Å². The molecule has 7 heteroatoms. The van der Waals surface area contributed by atoms with Crippen LogP contribution < -0.4 is 5.32 Å². The van der Waals surface area contributed by atoms with Crippen LogP contribution in [0.15, 0.2) is 59.1 Å². The maximum Gasteiger partial charge on any atom is 0.244 e. The molecule has 2 aromatic carbocycles. The van der Waals surface area contributed by atoms with E-state index in [0.717, 1.165) is 73.8 Å². The average Bonchev–Trinajstić information content (AvgIpc) is 3.23. The molecule has 1 N–H and O–H groups in total. The van der Waals surface area contributed by atoms with E-state index in [4.69, 9.17) is 16.1 Å². The van der Waals surface area contributed by atoms with Crippen LogP contribution in [-0.4, -0.2) is 41.6 Å². The quantitative estimate of drug-likeness (QED) is 0.323. The average molecular weight is 555 g/mol. The molecule has 0 bridgehead atoms. The number of nitrogens with zero attached hydrogens (tertiary/aromatic N) is 2. The summed E-state index contributed by atoms with van der Waals surface area (Å²) in [6, 6.07) is 16.5. The van der Waals surface area contributed by atoms with Gasteiger partial charge in [0.15, 0.2) is 5.76 Å². The van der Waals surface area contributed by atoms with Crippen LogP contribution in [0.3, 0.4) is 0 Å². The van der Waals surface area contributed by atoms with E-state index < -0.39 is 0 Å². The minimum absolute atomic E-state index is 0. The van der Waals surface area contributed by atoms with Crippen molar-refractivity contribution in [3.8, 4) is 11.3 Å². The Balaban J connectivity index is 0.00000336. The number of carbonyl (C=O) groups is 1. The highest BCUT2D eigenvalue weighted by molar-refractivity contribution is 6.30. The maximum atomic E-state index is 12.4. The largest absolute Gasteiger partial charge is 0.356 e. The van der Waals surface area contributed by atoms with E-state index >= 15 is 0 Å². The van der Waals surface area contributed by atoms with Gasteiger partial charge in [-0.1, -0.05) is 41.0 Å². The summed E-state index contributed by atoms with van der Waals surface area (Å²) in [6.45, 7) is 5.35. The van der Waals surface area contributed by atoms with Crippen molar-refractivity contribution in [3.63, 3.8) is 0 Å². The van der Waals surface area contributed by atoms with Crippen LogP contribution in [0.5, 0.6) is 0 Å². The molecule has 38 heavy (non-hydrogen) atoms. The SMILES string of the molecule is Cc1cc(-c2ccc3c(c2)CCN(CCC2CCC(NC(=O)/C=C/c4cccc(Cl)c4)CC2)CC3)on1.Cl. The van der Waals surface area contributed by atoms with Gasteiger partial charge in [0, 0.05) is 41.9 Å². The number of carbonyl (C=O) groups excluding carboxylic acids is 1. The molecular formula is C31H37Cl2N3O2. The van der Waals surface area contributed by atoms with Crippen LogP contribution in [0.2, 0.25) is 5.02 Å². The van der Waals surface area contributed by atoms with Gasteiger partial charge in [-0.05, 0) is 105 Å². The van der Waals surface area contributed by atoms with Crippen LogP contribution in [0.25, 0.3) is 17.4 Å². The highest BCUT2D eigenvalue weighted by Crippen LogP contribution is 2.29. The summed E-state index contributed by atoms with van der Waals surface area (Å²) in [4.78, 5) is 15.0. The van der Waals surface area contributed by atoms with E-state index in [9.17, 15) is 4.79 Å². The van der Waals surface area contributed by atoms with Gasteiger partial charge in [-0.2, -0.15) is 0 Å². The Kier molecular flexibility index (Phi) is 10.1. The number of hydrogen-bond donors (Lipinski definition) is 1. The van der Waals surface area contributed by atoms with Gasteiger partial charge in [-0.3, -0.25) is 4.79 Å². The minimum Gasteiger partial charge on any atom is -0.356 e. The second-order valence-electron chi connectivity index (χ2n) is 10.6. The van der Waals surface area contributed by atoms with Crippen LogP contribution in [0, 0.1) is 12.8 Å². The predicted octanol–water partition coefficient (Wildman–Crippen LogP) is 6.90. The maximum absolute atomic E-state index is 12.4. The molecule has 1 aromatic heterocycles. The van der Waals surface area contributed by atoms with Crippen molar-refractivity contribution in [2.75, 3.05) is 19.6 Å². The van der Waals surface area contributed by atoms with Gasteiger partial charge < -0.3 is 14.7 Å². The van der Waals surface area contributed by atoms with Crippen LogP contribution in [0.1, 0.15) is 54.5 Å². The fraction of sp³-hybridized carbons (Fsp3) is 0.419. The van der Waals surface area contributed by atoms with E-state index in [2.05, 4.69) is 33.6 Å². The molecule has 0 spiro atoms. The Hall–Kier alpha value is -2.60. The third-order valence-electron chi connectivity index (χ3n) is 7.84. The van der Waals surface area contributed by atoms with Gasteiger partial charge in [0.2, 0.25) is 5.91 Å². The lowest BCUT2D eigenvalue weighted by atomic mass is 9.84. The fourth-order valence-electron chi connectivity index (χ4n) is 5.64. The molecule has 5 rings (SSSR count). The van der Waals surface area contributed by atoms with Crippen molar-refractivity contribution in [3.05, 3.63) is 82.0 Å². The summed E-state index contributed by atoms with van der Waals surface area (Å²) in [5.74, 6) is 1.58. The number of halogens is 2. The first-order valence-corrected chi connectivity index (χ1v) is 13.9. The molecule has 3 aromatic rings. The molecule has 2 aliphatic rings. The highest BCUT2D eigenvalue weighted by atomic mass is 35.5. The number of nitrogens with one attached hydrogen (secondary N) is 1. The molecule has 2 heterocycles. The van der Waals surface area contributed by atoms with Gasteiger partial charge in [-0.15, -0.1) is 12.4 Å².